The van der Waals surface area contributed by atoms with E-state index >= 15 is 0 Å². The average Bonchev–Trinajstić information content (AvgIpc) is 2.05. The number of hydrogen-bond donors (Lipinski definition) is 1. The van der Waals surface area contributed by atoms with Gasteiger partial charge in [0.05, 0.1) is 0 Å². The second-order valence-corrected chi connectivity index (χ2v) is 2.06. The summed E-state index contributed by atoms with van der Waals surface area (Å²) in [5.74, 6) is -2.17. The molecule has 0 aliphatic carbocycles. The SMILES string of the molecule is CC(=O)[O-].CC(=O)[O-].[NH4+].c1cc[nH+]cc1. The monoisotopic (exact) mass is 216 g/mol. The fraction of sp³-hybridized carbons (Fsp3) is 0.222. The minimum Gasteiger partial charge on any atom is -0.550 e. The Hall–Kier alpha value is -1.95. The summed E-state index contributed by atoms with van der Waals surface area (Å²) in [5.41, 5.74) is 0. The van der Waals surface area contributed by atoms with Crippen molar-refractivity contribution in [1.29, 1.82) is 0 Å². The predicted octanol–water partition coefficient (Wildman–Crippen LogP) is -1.61. The number of aromatic amines is 1. The van der Waals surface area contributed by atoms with Crippen LogP contribution in [0.1, 0.15) is 13.8 Å². The largest absolute Gasteiger partial charge is 0.550 e. The third kappa shape index (κ3) is 74.2. The first-order chi connectivity index (χ1) is 6.46. The van der Waals surface area contributed by atoms with Gasteiger partial charge in [-0.3, -0.25) is 0 Å². The second kappa shape index (κ2) is 14.6. The third-order valence-electron chi connectivity index (χ3n) is 0.607. The van der Waals surface area contributed by atoms with Crippen molar-refractivity contribution >= 4 is 11.9 Å². The summed E-state index contributed by atoms with van der Waals surface area (Å²) in [4.78, 5) is 20.7. The molecule has 1 aromatic rings. The number of rotatable bonds is 0. The van der Waals surface area contributed by atoms with Gasteiger partial charge in [0, 0.05) is 24.1 Å². The maximum Gasteiger partial charge on any atom is 0.166 e. The molecule has 1 rings (SSSR count). The molecular formula is C9H16N2O4. The molecule has 15 heavy (non-hydrogen) atoms. The van der Waals surface area contributed by atoms with E-state index in [0.29, 0.717) is 0 Å². The van der Waals surface area contributed by atoms with Gasteiger partial charge in [0.1, 0.15) is 0 Å². The summed E-state index contributed by atoms with van der Waals surface area (Å²) >= 11 is 0. The normalized spacial score (nSPS) is 6.53. The van der Waals surface area contributed by atoms with E-state index in [0.717, 1.165) is 13.8 Å². The predicted molar refractivity (Wildman–Crippen MR) is 50.3 cm³/mol. The number of pyridine rings is 1. The Labute approximate surface area is 88.2 Å². The number of aliphatic carboxylic acids is 2. The lowest BCUT2D eigenvalue weighted by atomic mass is 10.5. The summed E-state index contributed by atoms with van der Waals surface area (Å²) in [5, 5.41) is 17.8. The molecule has 0 saturated carbocycles. The zero-order chi connectivity index (χ0) is 11.4. The number of aromatic nitrogens is 1. The van der Waals surface area contributed by atoms with Gasteiger partial charge in [-0.25, -0.2) is 4.98 Å². The minimum atomic E-state index is -1.08. The van der Waals surface area contributed by atoms with Crippen molar-refractivity contribution in [1.82, 2.24) is 6.15 Å². The molecule has 0 bridgehead atoms. The summed E-state index contributed by atoms with van der Waals surface area (Å²) in [6.07, 6.45) is 3.75. The van der Waals surface area contributed by atoms with Gasteiger partial charge in [-0.2, -0.15) is 0 Å². The minimum absolute atomic E-state index is 0. The van der Waals surface area contributed by atoms with E-state index in [1.807, 2.05) is 30.6 Å². The van der Waals surface area contributed by atoms with Crippen molar-refractivity contribution in [2.75, 3.05) is 0 Å². The number of quaternary nitrogens is 1. The molecule has 1 heterocycles. The highest BCUT2D eigenvalue weighted by atomic mass is 16.4. The molecule has 0 radical (unpaired) electrons. The van der Waals surface area contributed by atoms with E-state index < -0.39 is 11.9 Å². The fourth-order valence-corrected chi connectivity index (χ4v) is 0.342. The van der Waals surface area contributed by atoms with E-state index in [4.69, 9.17) is 19.8 Å². The lowest BCUT2D eigenvalue weighted by Gasteiger charge is -1.77. The Bertz CT molecular complexity index is 205. The lowest BCUT2D eigenvalue weighted by Crippen LogP contribution is -2.16. The van der Waals surface area contributed by atoms with Gasteiger partial charge in [0.25, 0.3) is 0 Å². The number of carboxylic acids is 2. The topological polar surface area (TPSA) is 131 Å². The quantitative estimate of drug-likeness (QED) is 0.558. The molecule has 0 fully saturated rings. The van der Waals surface area contributed by atoms with Crippen LogP contribution in [0.5, 0.6) is 0 Å². The van der Waals surface area contributed by atoms with Gasteiger partial charge in [-0.05, 0) is 13.8 Å². The van der Waals surface area contributed by atoms with E-state index in [1.165, 1.54) is 0 Å². The van der Waals surface area contributed by atoms with Crippen LogP contribution in [0.25, 0.3) is 0 Å². The summed E-state index contributed by atoms with van der Waals surface area (Å²) < 4.78 is 0. The number of nitrogens with one attached hydrogen (secondary N) is 1. The Morgan fingerprint density at radius 1 is 0.933 bits per heavy atom. The van der Waals surface area contributed by atoms with Gasteiger partial charge >= 0.3 is 0 Å². The molecule has 0 amide bonds. The maximum absolute atomic E-state index is 8.89. The van der Waals surface area contributed by atoms with Crippen LogP contribution in [0, 0.1) is 0 Å². The first kappa shape index (κ1) is 18.8. The molecule has 6 heteroatoms. The van der Waals surface area contributed by atoms with Crippen LogP contribution in [0.4, 0.5) is 0 Å². The van der Waals surface area contributed by atoms with Gasteiger partial charge in [0.2, 0.25) is 0 Å². The molecular weight excluding hydrogens is 200 g/mol. The van der Waals surface area contributed by atoms with Crippen molar-refractivity contribution in [2.24, 2.45) is 0 Å². The average molecular weight is 216 g/mol. The fourth-order valence-electron chi connectivity index (χ4n) is 0.342. The molecule has 0 saturated heterocycles. The highest BCUT2D eigenvalue weighted by Crippen LogP contribution is 1.68. The number of carbonyl (C=O) groups is 2. The molecule has 0 atom stereocenters. The zero-order valence-electron chi connectivity index (χ0n) is 9.02. The summed E-state index contributed by atoms with van der Waals surface area (Å²) in [6, 6.07) is 5.86. The third-order valence-corrected chi connectivity index (χ3v) is 0.607. The van der Waals surface area contributed by atoms with Gasteiger partial charge in [-0.15, -0.1) is 0 Å². The molecule has 0 aliphatic rings. The highest BCUT2D eigenvalue weighted by molar-refractivity contribution is 5.60. The zero-order valence-corrected chi connectivity index (χ0v) is 9.02. The van der Waals surface area contributed by atoms with Crippen molar-refractivity contribution in [2.45, 2.75) is 13.8 Å². The molecule has 1 aromatic heterocycles. The Morgan fingerprint density at radius 2 is 1.20 bits per heavy atom. The van der Waals surface area contributed by atoms with Crippen molar-refractivity contribution < 1.29 is 24.8 Å². The standard InChI is InChI=1S/C5H5N.2C2H4O2.H3N/c1-2-4-6-5-3-1;2*1-2(3)4;/h1-5H;2*1H3,(H,3,4);1H3. The van der Waals surface area contributed by atoms with Gasteiger partial charge in [0.15, 0.2) is 12.4 Å². The maximum atomic E-state index is 8.89. The first-order valence-electron chi connectivity index (χ1n) is 3.73. The van der Waals surface area contributed by atoms with E-state index in [-0.39, 0.29) is 6.15 Å². The molecule has 0 aromatic carbocycles. The number of hydrogen-bond acceptors (Lipinski definition) is 4. The first-order valence-corrected chi connectivity index (χ1v) is 3.73. The Kier molecular flexibility index (Phi) is 18.2. The number of carboxylic acid groups (broad SMARTS) is 2. The molecule has 0 unspecified atom stereocenters. The van der Waals surface area contributed by atoms with Crippen LogP contribution in [0.3, 0.4) is 0 Å². The Balaban J connectivity index is -0.000000145. The van der Waals surface area contributed by atoms with Gasteiger partial charge < -0.3 is 26.0 Å². The van der Waals surface area contributed by atoms with E-state index in [1.54, 1.807) is 0 Å². The van der Waals surface area contributed by atoms with Crippen molar-refractivity contribution in [3.8, 4) is 0 Å². The van der Waals surface area contributed by atoms with Gasteiger partial charge in [-0.1, -0.05) is 6.07 Å². The van der Waals surface area contributed by atoms with Crippen LogP contribution < -0.4 is 21.3 Å². The molecule has 0 aliphatic heterocycles. The highest BCUT2D eigenvalue weighted by Gasteiger charge is 1.65. The molecule has 6 nitrogen and oxygen atoms in total. The molecule has 0 spiro atoms. The smallest absolute Gasteiger partial charge is 0.166 e. The van der Waals surface area contributed by atoms with Crippen LogP contribution in [-0.4, -0.2) is 11.9 Å². The van der Waals surface area contributed by atoms with E-state index in [9.17, 15) is 0 Å². The van der Waals surface area contributed by atoms with Crippen molar-refractivity contribution in [3.63, 3.8) is 0 Å². The van der Waals surface area contributed by atoms with E-state index in [2.05, 4.69) is 4.98 Å². The van der Waals surface area contributed by atoms with Crippen molar-refractivity contribution in [3.05, 3.63) is 30.6 Å². The number of carbonyl (C=O) groups excluding carboxylic acids is 2. The molecule has 5 N–H and O–H groups in total. The second-order valence-electron chi connectivity index (χ2n) is 2.06. The molecule has 86 valence electrons. The van der Waals surface area contributed by atoms with Crippen LogP contribution in [0.15, 0.2) is 30.6 Å². The van der Waals surface area contributed by atoms with Crippen LogP contribution >= 0.6 is 0 Å². The van der Waals surface area contributed by atoms with Crippen LogP contribution in [0.2, 0.25) is 0 Å². The number of H-pyrrole nitrogens is 1. The lowest BCUT2D eigenvalue weighted by molar-refractivity contribution is -0.378. The Morgan fingerprint density at radius 3 is 1.27 bits per heavy atom. The summed E-state index contributed by atoms with van der Waals surface area (Å²) in [7, 11) is 0. The van der Waals surface area contributed by atoms with Crippen LogP contribution in [-0.2, 0) is 9.59 Å². The summed E-state index contributed by atoms with van der Waals surface area (Å²) in [6.45, 7) is 1.94.